The summed E-state index contributed by atoms with van der Waals surface area (Å²) in [5.41, 5.74) is 1.23. The first-order valence-electron chi connectivity index (χ1n) is 8.43. The minimum absolute atomic E-state index is 0.178. The fourth-order valence-electron chi connectivity index (χ4n) is 2.28. The Morgan fingerprint density at radius 3 is 2.40 bits per heavy atom. The van der Waals surface area contributed by atoms with Gasteiger partial charge in [0.2, 0.25) is 0 Å². The Morgan fingerprint density at radius 2 is 1.76 bits per heavy atom. The lowest BCUT2D eigenvalue weighted by atomic mass is 10.2. The Balaban J connectivity index is 1.73. The van der Waals surface area contributed by atoms with Gasteiger partial charge in [0.25, 0.3) is 5.91 Å². The average Bonchev–Trinajstić information content (AvgIpc) is 2.65. The van der Waals surface area contributed by atoms with E-state index >= 15 is 0 Å². The van der Waals surface area contributed by atoms with Gasteiger partial charge in [-0.1, -0.05) is 31.2 Å². The maximum absolute atomic E-state index is 12.1. The third kappa shape index (κ3) is 5.71. The summed E-state index contributed by atoms with van der Waals surface area (Å²) in [6.45, 7) is 4.56. The topological polar surface area (TPSA) is 56.8 Å². The second-order valence-electron chi connectivity index (χ2n) is 5.55. The molecule has 5 nitrogen and oxygen atoms in total. The van der Waals surface area contributed by atoms with E-state index in [9.17, 15) is 4.79 Å². The molecule has 0 unspecified atom stereocenters. The van der Waals surface area contributed by atoms with E-state index in [1.54, 1.807) is 14.0 Å². The molecule has 0 heterocycles. The summed E-state index contributed by atoms with van der Waals surface area (Å²) >= 11 is 0. The number of para-hydroxylation sites is 2. The largest absolute Gasteiger partial charge is 0.493 e. The number of benzene rings is 2. The zero-order valence-corrected chi connectivity index (χ0v) is 15.0. The van der Waals surface area contributed by atoms with Crippen molar-refractivity contribution < 1.29 is 19.0 Å². The van der Waals surface area contributed by atoms with Crippen molar-refractivity contribution in [3.05, 3.63) is 54.1 Å². The predicted molar refractivity (Wildman–Crippen MR) is 97.4 cm³/mol. The van der Waals surface area contributed by atoms with Crippen LogP contribution in [0.5, 0.6) is 17.2 Å². The number of rotatable bonds is 9. The number of ether oxygens (including phenoxy) is 3. The van der Waals surface area contributed by atoms with Crippen LogP contribution < -0.4 is 19.5 Å². The van der Waals surface area contributed by atoms with E-state index in [2.05, 4.69) is 12.2 Å². The molecule has 0 fully saturated rings. The van der Waals surface area contributed by atoms with Crippen molar-refractivity contribution in [3.8, 4) is 17.2 Å². The first kappa shape index (κ1) is 18.6. The predicted octanol–water partition coefficient (Wildman–Crippen LogP) is 3.22. The van der Waals surface area contributed by atoms with Crippen LogP contribution in [-0.4, -0.2) is 32.3 Å². The lowest BCUT2D eigenvalue weighted by Gasteiger charge is -2.15. The van der Waals surface area contributed by atoms with E-state index in [0.29, 0.717) is 30.4 Å². The molecule has 0 aliphatic rings. The maximum atomic E-state index is 12.1. The summed E-state index contributed by atoms with van der Waals surface area (Å²) in [6.07, 6.45) is 0.404. The zero-order chi connectivity index (χ0) is 18.1. The van der Waals surface area contributed by atoms with Gasteiger partial charge in [-0.25, -0.2) is 0 Å². The van der Waals surface area contributed by atoms with Crippen molar-refractivity contribution >= 4 is 5.91 Å². The number of carbonyl (C=O) groups is 1. The van der Waals surface area contributed by atoms with Crippen molar-refractivity contribution in [2.24, 2.45) is 0 Å². The van der Waals surface area contributed by atoms with Crippen LogP contribution in [0.2, 0.25) is 0 Å². The smallest absolute Gasteiger partial charge is 0.260 e. The number of aryl methyl sites for hydroxylation is 1. The highest BCUT2D eigenvalue weighted by Crippen LogP contribution is 2.25. The summed E-state index contributed by atoms with van der Waals surface area (Å²) in [5, 5.41) is 2.80. The van der Waals surface area contributed by atoms with Gasteiger partial charge in [-0.3, -0.25) is 4.79 Å². The molecule has 5 heteroatoms. The van der Waals surface area contributed by atoms with Crippen molar-refractivity contribution in [2.75, 3.05) is 20.3 Å². The fraction of sp³-hybridized carbons (Fsp3) is 0.350. The molecule has 25 heavy (non-hydrogen) atoms. The van der Waals surface area contributed by atoms with Crippen LogP contribution >= 0.6 is 0 Å². The lowest BCUT2D eigenvalue weighted by Crippen LogP contribution is -2.38. The highest BCUT2D eigenvalue weighted by molar-refractivity contribution is 5.80. The molecule has 0 radical (unpaired) electrons. The van der Waals surface area contributed by atoms with Crippen LogP contribution in [0, 0.1) is 0 Å². The summed E-state index contributed by atoms with van der Waals surface area (Å²) in [6, 6.07) is 15.2. The monoisotopic (exact) mass is 343 g/mol. The molecule has 0 bridgehead atoms. The van der Waals surface area contributed by atoms with Gasteiger partial charge >= 0.3 is 0 Å². The van der Waals surface area contributed by atoms with Gasteiger partial charge < -0.3 is 19.5 Å². The molecule has 1 atom stereocenters. The lowest BCUT2D eigenvalue weighted by molar-refractivity contribution is -0.127. The number of hydrogen-bond donors (Lipinski definition) is 1. The Morgan fingerprint density at radius 1 is 1.08 bits per heavy atom. The Hall–Kier alpha value is -2.69. The molecule has 0 spiro atoms. The Labute approximate surface area is 148 Å². The molecule has 0 aromatic heterocycles. The first-order valence-corrected chi connectivity index (χ1v) is 8.43. The number of hydrogen-bond acceptors (Lipinski definition) is 4. The molecule has 2 aromatic rings. The Kier molecular flexibility index (Phi) is 7.14. The molecule has 0 aliphatic heterocycles. The molecule has 0 saturated heterocycles. The average molecular weight is 343 g/mol. The van der Waals surface area contributed by atoms with Crippen LogP contribution in [0.25, 0.3) is 0 Å². The van der Waals surface area contributed by atoms with Gasteiger partial charge in [-0.15, -0.1) is 0 Å². The van der Waals surface area contributed by atoms with Crippen molar-refractivity contribution in [3.63, 3.8) is 0 Å². The van der Waals surface area contributed by atoms with Crippen LogP contribution in [0.4, 0.5) is 0 Å². The van der Waals surface area contributed by atoms with E-state index in [1.807, 2.05) is 48.5 Å². The molecule has 134 valence electrons. The number of nitrogens with one attached hydrogen (secondary N) is 1. The van der Waals surface area contributed by atoms with Crippen LogP contribution in [0.15, 0.2) is 48.5 Å². The molecule has 2 rings (SSSR count). The number of carbonyl (C=O) groups excluding carboxylic acids is 1. The van der Waals surface area contributed by atoms with Gasteiger partial charge in [0, 0.05) is 0 Å². The summed E-state index contributed by atoms with van der Waals surface area (Å²) in [7, 11) is 1.59. The zero-order valence-electron chi connectivity index (χ0n) is 15.0. The molecule has 0 aliphatic carbocycles. The summed E-state index contributed by atoms with van der Waals surface area (Å²) in [4.78, 5) is 12.1. The van der Waals surface area contributed by atoms with Crippen LogP contribution in [0.1, 0.15) is 19.4 Å². The fourth-order valence-corrected chi connectivity index (χ4v) is 2.28. The van der Waals surface area contributed by atoms with Gasteiger partial charge in [-0.05, 0) is 43.2 Å². The van der Waals surface area contributed by atoms with E-state index in [0.717, 1.165) is 6.42 Å². The van der Waals surface area contributed by atoms with E-state index in [4.69, 9.17) is 14.2 Å². The standard InChI is InChI=1S/C20H25NO4/c1-4-16-9-11-17(12-10-16)25-15(2)20(22)21-13-14-24-19-8-6-5-7-18(19)23-3/h5-12,15H,4,13-14H2,1-3H3,(H,21,22)/t15-/m1/s1. The third-order valence-corrected chi connectivity index (χ3v) is 3.74. The number of methoxy groups -OCH3 is 1. The molecule has 1 N–H and O–H groups in total. The SMILES string of the molecule is CCc1ccc(O[C@H](C)C(=O)NCCOc2ccccc2OC)cc1. The molecular weight excluding hydrogens is 318 g/mol. The van der Waals surface area contributed by atoms with E-state index in [-0.39, 0.29) is 5.91 Å². The van der Waals surface area contributed by atoms with Crippen molar-refractivity contribution in [1.82, 2.24) is 5.32 Å². The summed E-state index contributed by atoms with van der Waals surface area (Å²) < 4.78 is 16.5. The van der Waals surface area contributed by atoms with Crippen LogP contribution in [0.3, 0.4) is 0 Å². The maximum Gasteiger partial charge on any atom is 0.260 e. The minimum atomic E-state index is -0.571. The van der Waals surface area contributed by atoms with Gasteiger partial charge in [0.1, 0.15) is 12.4 Å². The van der Waals surface area contributed by atoms with Crippen LogP contribution in [-0.2, 0) is 11.2 Å². The van der Waals surface area contributed by atoms with Crippen molar-refractivity contribution in [2.45, 2.75) is 26.4 Å². The van der Waals surface area contributed by atoms with E-state index < -0.39 is 6.10 Å². The molecule has 1 amide bonds. The Bertz CT molecular complexity index is 670. The molecule has 2 aromatic carbocycles. The first-order chi connectivity index (χ1) is 12.1. The minimum Gasteiger partial charge on any atom is -0.493 e. The summed E-state index contributed by atoms with van der Waals surface area (Å²) in [5.74, 6) is 1.83. The molecule has 0 saturated carbocycles. The van der Waals surface area contributed by atoms with Gasteiger partial charge in [0.05, 0.1) is 13.7 Å². The van der Waals surface area contributed by atoms with Gasteiger partial charge in [0.15, 0.2) is 17.6 Å². The molecular formula is C20H25NO4. The number of amides is 1. The highest BCUT2D eigenvalue weighted by atomic mass is 16.5. The normalized spacial score (nSPS) is 11.5. The third-order valence-electron chi connectivity index (χ3n) is 3.74. The highest BCUT2D eigenvalue weighted by Gasteiger charge is 2.14. The quantitative estimate of drug-likeness (QED) is 0.710. The van der Waals surface area contributed by atoms with E-state index in [1.165, 1.54) is 5.56 Å². The second kappa shape index (κ2) is 9.57. The second-order valence-corrected chi connectivity index (χ2v) is 5.55. The van der Waals surface area contributed by atoms with Gasteiger partial charge in [-0.2, -0.15) is 0 Å². The van der Waals surface area contributed by atoms with Crippen molar-refractivity contribution in [1.29, 1.82) is 0 Å².